The van der Waals surface area contributed by atoms with Crippen molar-refractivity contribution in [1.29, 1.82) is 0 Å². The number of hydrogen-bond donors (Lipinski definition) is 1. The van der Waals surface area contributed by atoms with Gasteiger partial charge in [0, 0.05) is 18.8 Å². The third kappa shape index (κ3) is 3.47. The molecule has 0 saturated carbocycles. The zero-order valence-corrected chi connectivity index (χ0v) is 14.1. The van der Waals surface area contributed by atoms with Crippen LogP contribution in [0.3, 0.4) is 0 Å². The predicted octanol–water partition coefficient (Wildman–Crippen LogP) is 5.12. The average molecular weight is 371 g/mol. The second-order valence-corrected chi connectivity index (χ2v) is 6.38. The third-order valence-electron chi connectivity index (χ3n) is 3.91. The summed E-state index contributed by atoms with van der Waals surface area (Å²) in [6.07, 6.45) is 2.08. The summed E-state index contributed by atoms with van der Waals surface area (Å²) in [5.41, 5.74) is 0.718. The lowest BCUT2D eigenvalue weighted by Crippen LogP contribution is -2.19. The largest absolute Gasteiger partial charge is 0.369 e. The number of halogens is 4. The fourth-order valence-corrected chi connectivity index (χ4v) is 3.16. The van der Waals surface area contributed by atoms with Gasteiger partial charge >= 0.3 is 0 Å². The van der Waals surface area contributed by atoms with Crippen molar-refractivity contribution in [2.45, 2.75) is 12.8 Å². The lowest BCUT2D eigenvalue weighted by atomic mass is 10.2. The lowest BCUT2D eigenvalue weighted by Gasteiger charge is -2.19. The van der Waals surface area contributed by atoms with Gasteiger partial charge < -0.3 is 10.2 Å². The first kappa shape index (κ1) is 17.0. The van der Waals surface area contributed by atoms with Gasteiger partial charge in [-0.15, -0.1) is 0 Å². The van der Waals surface area contributed by atoms with Crippen LogP contribution in [0.4, 0.5) is 20.2 Å². The van der Waals surface area contributed by atoms with Crippen LogP contribution in [0.25, 0.3) is 0 Å². The molecule has 1 heterocycles. The van der Waals surface area contributed by atoms with Crippen LogP contribution in [0.2, 0.25) is 10.0 Å². The van der Waals surface area contributed by atoms with Gasteiger partial charge in [-0.25, -0.2) is 8.78 Å². The molecule has 7 heteroatoms. The standard InChI is InChI=1S/C17H14Cl2F2N2O/c18-12-9-13(19)14(20)8-11(12)17(24)22-10-3-4-16(15(21)7-10)23-5-1-2-6-23/h3-4,7-9H,1-2,5-6H2,(H,22,24). The average Bonchev–Trinajstić information content (AvgIpc) is 3.05. The number of nitrogens with one attached hydrogen (secondary N) is 1. The summed E-state index contributed by atoms with van der Waals surface area (Å²) in [4.78, 5) is 14.2. The van der Waals surface area contributed by atoms with Gasteiger partial charge in [-0.05, 0) is 43.2 Å². The number of benzene rings is 2. The minimum absolute atomic E-state index is 0.0214. The number of nitrogens with zero attached hydrogens (tertiary/aromatic N) is 1. The number of rotatable bonds is 3. The molecule has 0 unspecified atom stereocenters. The van der Waals surface area contributed by atoms with Crippen LogP contribution in [-0.2, 0) is 0 Å². The Morgan fingerprint density at radius 1 is 1.00 bits per heavy atom. The molecular formula is C17H14Cl2F2N2O. The summed E-state index contributed by atoms with van der Waals surface area (Å²) in [7, 11) is 0. The van der Waals surface area contributed by atoms with Crippen molar-refractivity contribution < 1.29 is 13.6 Å². The highest BCUT2D eigenvalue weighted by atomic mass is 35.5. The van der Waals surface area contributed by atoms with Gasteiger partial charge in [0.15, 0.2) is 0 Å². The maximum atomic E-state index is 14.3. The Hall–Kier alpha value is -1.85. The molecule has 0 atom stereocenters. The van der Waals surface area contributed by atoms with Crippen LogP contribution in [0.15, 0.2) is 30.3 Å². The first-order valence-electron chi connectivity index (χ1n) is 7.46. The Bertz CT molecular complexity index is 792. The third-order valence-corrected chi connectivity index (χ3v) is 4.51. The molecule has 126 valence electrons. The smallest absolute Gasteiger partial charge is 0.257 e. The van der Waals surface area contributed by atoms with Crippen LogP contribution >= 0.6 is 23.2 Å². The van der Waals surface area contributed by atoms with Crippen molar-refractivity contribution in [2.75, 3.05) is 23.3 Å². The minimum atomic E-state index is -0.748. The van der Waals surface area contributed by atoms with Crippen molar-refractivity contribution in [2.24, 2.45) is 0 Å². The van der Waals surface area contributed by atoms with Gasteiger partial charge in [0.1, 0.15) is 11.6 Å². The zero-order valence-electron chi connectivity index (χ0n) is 12.6. The molecule has 2 aromatic carbocycles. The maximum absolute atomic E-state index is 14.3. The van der Waals surface area contributed by atoms with Crippen molar-refractivity contribution in [1.82, 2.24) is 0 Å². The fraction of sp³-hybridized carbons (Fsp3) is 0.235. The molecule has 0 spiro atoms. The van der Waals surface area contributed by atoms with Crippen LogP contribution in [-0.4, -0.2) is 19.0 Å². The van der Waals surface area contributed by atoms with E-state index in [0.717, 1.165) is 38.1 Å². The maximum Gasteiger partial charge on any atom is 0.257 e. The molecule has 24 heavy (non-hydrogen) atoms. The molecule has 1 aliphatic heterocycles. The lowest BCUT2D eigenvalue weighted by molar-refractivity contribution is 0.102. The summed E-state index contributed by atoms with van der Waals surface area (Å²) < 4.78 is 27.8. The van der Waals surface area contributed by atoms with Gasteiger partial charge in [0.2, 0.25) is 0 Å². The first-order chi connectivity index (χ1) is 11.5. The number of anilines is 2. The van der Waals surface area contributed by atoms with Crippen molar-refractivity contribution in [3.63, 3.8) is 0 Å². The summed E-state index contributed by atoms with van der Waals surface area (Å²) in [6, 6.07) is 6.58. The van der Waals surface area contributed by atoms with Crippen molar-refractivity contribution in [3.8, 4) is 0 Å². The topological polar surface area (TPSA) is 32.3 Å². The molecular weight excluding hydrogens is 357 g/mol. The van der Waals surface area contributed by atoms with E-state index in [-0.39, 0.29) is 21.3 Å². The molecule has 0 aliphatic carbocycles. The Morgan fingerprint density at radius 2 is 1.71 bits per heavy atom. The van der Waals surface area contributed by atoms with E-state index in [1.807, 2.05) is 4.90 Å². The van der Waals surface area contributed by atoms with Gasteiger partial charge in [0.05, 0.1) is 21.3 Å². The zero-order chi connectivity index (χ0) is 17.3. The summed E-state index contributed by atoms with van der Waals surface area (Å²) in [5.74, 6) is -1.80. The molecule has 3 rings (SSSR count). The molecule has 3 nitrogen and oxygen atoms in total. The molecule has 1 saturated heterocycles. The Kier molecular flexibility index (Phi) is 4.92. The fourth-order valence-electron chi connectivity index (χ4n) is 2.69. The summed E-state index contributed by atoms with van der Waals surface area (Å²) in [6.45, 7) is 1.64. The van der Waals surface area contributed by atoms with Crippen molar-refractivity contribution >= 4 is 40.5 Å². The second-order valence-electron chi connectivity index (χ2n) is 5.56. The van der Waals surface area contributed by atoms with Crippen LogP contribution in [0.5, 0.6) is 0 Å². The molecule has 0 aromatic heterocycles. The van der Waals surface area contributed by atoms with E-state index < -0.39 is 17.5 Å². The number of carbonyl (C=O) groups is 1. The molecule has 1 fully saturated rings. The minimum Gasteiger partial charge on any atom is -0.369 e. The van der Waals surface area contributed by atoms with E-state index in [1.165, 1.54) is 6.07 Å². The van der Waals surface area contributed by atoms with Crippen LogP contribution in [0.1, 0.15) is 23.2 Å². The normalized spacial score (nSPS) is 14.1. The van der Waals surface area contributed by atoms with E-state index in [1.54, 1.807) is 12.1 Å². The van der Waals surface area contributed by atoms with Crippen LogP contribution in [0, 0.1) is 11.6 Å². The van der Waals surface area contributed by atoms with E-state index >= 15 is 0 Å². The van der Waals surface area contributed by atoms with Gasteiger partial charge in [-0.2, -0.15) is 0 Å². The van der Waals surface area contributed by atoms with E-state index in [4.69, 9.17) is 23.2 Å². The Balaban J connectivity index is 1.79. The van der Waals surface area contributed by atoms with Gasteiger partial charge in [-0.3, -0.25) is 4.79 Å². The highest BCUT2D eigenvalue weighted by Gasteiger charge is 2.18. The Morgan fingerprint density at radius 3 is 2.38 bits per heavy atom. The molecule has 1 N–H and O–H groups in total. The summed E-state index contributed by atoms with van der Waals surface area (Å²) >= 11 is 11.5. The molecule has 2 aromatic rings. The molecule has 0 bridgehead atoms. The van der Waals surface area contributed by atoms with Crippen molar-refractivity contribution in [3.05, 3.63) is 57.6 Å². The second kappa shape index (κ2) is 6.95. The van der Waals surface area contributed by atoms with Crippen LogP contribution < -0.4 is 10.2 Å². The molecule has 1 amide bonds. The highest BCUT2D eigenvalue weighted by Crippen LogP contribution is 2.28. The van der Waals surface area contributed by atoms with Gasteiger partial charge in [-0.1, -0.05) is 23.2 Å². The van der Waals surface area contributed by atoms with Gasteiger partial charge in [0.25, 0.3) is 5.91 Å². The first-order valence-corrected chi connectivity index (χ1v) is 8.21. The Labute approximate surface area is 148 Å². The van der Waals surface area contributed by atoms with E-state index in [0.29, 0.717) is 5.69 Å². The molecule has 1 aliphatic rings. The quantitative estimate of drug-likeness (QED) is 0.760. The summed E-state index contributed by atoms with van der Waals surface area (Å²) in [5, 5.41) is 2.37. The number of hydrogen-bond acceptors (Lipinski definition) is 2. The molecule has 0 radical (unpaired) electrons. The highest BCUT2D eigenvalue weighted by molar-refractivity contribution is 6.37. The predicted molar refractivity (Wildman–Crippen MR) is 92.2 cm³/mol. The van der Waals surface area contributed by atoms with E-state index in [9.17, 15) is 13.6 Å². The van der Waals surface area contributed by atoms with E-state index in [2.05, 4.69) is 5.32 Å². The number of carbonyl (C=O) groups excluding carboxylic acids is 1. The number of amides is 1. The monoisotopic (exact) mass is 370 g/mol. The SMILES string of the molecule is O=C(Nc1ccc(N2CCCC2)c(F)c1)c1cc(F)c(Cl)cc1Cl.